The molecule has 1 aliphatic heterocycles. The molecular weight excluding hydrogens is 562 g/mol. The van der Waals surface area contributed by atoms with Crippen molar-refractivity contribution < 1.29 is 23.9 Å². The summed E-state index contributed by atoms with van der Waals surface area (Å²) in [5.74, 6) is -2.22. The van der Waals surface area contributed by atoms with Gasteiger partial charge in [-0.3, -0.25) is 24.1 Å². The van der Waals surface area contributed by atoms with E-state index in [1.807, 2.05) is 6.92 Å². The SMILES string of the molecule is Cc1ccc(NC(=O)COC(=O)CCCCCN2C(=O)c3c(Cl)c(Cl)c(Cl)c(Cl)c3C2=O)cc1Cl. The summed E-state index contributed by atoms with van der Waals surface area (Å²) in [5.41, 5.74) is 1.25. The van der Waals surface area contributed by atoms with Crippen LogP contribution < -0.4 is 5.32 Å². The topological polar surface area (TPSA) is 92.8 Å². The molecule has 1 N–H and O–H groups in total. The number of carbonyl (C=O) groups is 4. The molecule has 186 valence electrons. The van der Waals surface area contributed by atoms with Gasteiger partial charge in [-0.15, -0.1) is 0 Å². The van der Waals surface area contributed by atoms with E-state index in [0.717, 1.165) is 10.5 Å². The number of unbranched alkanes of at least 4 members (excludes halogenated alkanes) is 2. The van der Waals surface area contributed by atoms with Gasteiger partial charge >= 0.3 is 5.97 Å². The number of esters is 1. The van der Waals surface area contributed by atoms with Crippen LogP contribution in [0.1, 0.15) is 52.0 Å². The summed E-state index contributed by atoms with van der Waals surface area (Å²) in [4.78, 5) is 50.2. The van der Waals surface area contributed by atoms with Crippen LogP contribution >= 0.6 is 58.0 Å². The number of imide groups is 1. The van der Waals surface area contributed by atoms with Gasteiger partial charge in [-0.2, -0.15) is 0 Å². The van der Waals surface area contributed by atoms with Gasteiger partial charge in [0, 0.05) is 23.7 Å². The lowest BCUT2D eigenvalue weighted by Gasteiger charge is -2.13. The summed E-state index contributed by atoms with van der Waals surface area (Å²) in [6, 6.07) is 5.07. The fraction of sp³-hybridized carbons (Fsp3) is 0.304. The molecule has 3 amide bonds. The van der Waals surface area contributed by atoms with Crippen molar-refractivity contribution in [1.29, 1.82) is 0 Å². The average molecular weight is 581 g/mol. The number of anilines is 1. The molecule has 2 aromatic rings. The molecule has 3 rings (SSSR count). The van der Waals surface area contributed by atoms with Crippen LogP contribution in [0.3, 0.4) is 0 Å². The van der Waals surface area contributed by atoms with Gasteiger partial charge < -0.3 is 10.1 Å². The number of hydrogen-bond donors (Lipinski definition) is 1. The predicted octanol–water partition coefficient (Wildman–Crippen LogP) is 6.60. The first-order valence-electron chi connectivity index (χ1n) is 10.5. The van der Waals surface area contributed by atoms with Crippen molar-refractivity contribution in [1.82, 2.24) is 4.90 Å². The van der Waals surface area contributed by atoms with Crippen LogP contribution in [0.4, 0.5) is 5.69 Å². The molecule has 12 heteroatoms. The number of carbonyl (C=O) groups excluding carboxylic acids is 4. The molecule has 0 aliphatic carbocycles. The van der Waals surface area contributed by atoms with Gasteiger partial charge in [0.1, 0.15) is 0 Å². The summed E-state index contributed by atoms with van der Waals surface area (Å²) in [6.07, 6.45) is 1.48. The average Bonchev–Trinajstić information content (AvgIpc) is 3.07. The molecule has 0 fully saturated rings. The zero-order valence-electron chi connectivity index (χ0n) is 18.4. The molecule has 0 aromatic heterocycles. The zero-order valence-corrected chi connectivity index (χ0v) is 22.1. The van der Waals surface area contributed by atoms with Crippen molar-refractivity contribution in [2.24, 2.45) is 0 Å². The second-order valence-electron chi connectivity index (χ2n) is 7.75. The van der Waals surface area contributed by atoms with E-state index in [0.29, 0.717) is 30.0 Å². The number of nitrogens with one attached hydrogen (secondary N) is 1. The molecule has 0 bridgehead atoms. The van der Waals surface area contributed by atoms with Gasteiger partial charge in [0.05, 0.1) is 31.2 Å². The Kier molecular flexibility index (Phi) is 9.29. The van der Waals surface area contributed by atoms with Crippen LogP contribution in [-0.2, 0) is 14.3 Å². The largest absolute Gasteiger partial charge is 0.456 e. The normalized spacial score (nSPS) is 12.7. The van der Waals surface area contributed by atoms with Crippen LogP contribution in [0.5, 0.6) is 0 Å². The van der Waals surface area contributed by atoms with E-state index in [2.05, 4.69) is 5.32 Å². The quantitative estimate of drug-likeness (QED) is 0.119. The number of halogens is 5. The number of amides is 3. The predicted molar refractivity (Wildman–Crippen MR) is 136 cm³/mol. The lowest BCUT2D eigenvalue weighted by Crippen LogP contribution is -2.30. The van der Waals surface area contributed by atoms with Gasteiger partial charge in [-0.1, -0.05) is 70.5 Å². The molecule has 0 spiro atoms. The van der Waals surface area contributed by atoms with Crippen LogP contribution in [0.25, 0.3) is 0 Å². The highest BCUT2D eigenvalue weighted by Gasteiger charge is 2.41. The number of nitrogens with zero attached hydrogens (tertiary/aromatic N) is 1. The van der Waals surface area contributed by atoms with E-state index < -0.39 is 30.3 Å². The Morgan fingerprint density at radius 1 is 0.886 bits per heavy atom. The Morgan fingerprint density at radius 2 is 1.49 bits per heavy atom. The molecule has 35 heavy (non-hydrogen) atoms. The van der Waals surface area contributed by atoms with Gasteiger partial charge in [-0.05, 0) is 37.5 Å². The lowest BCUT2D eigenvalue weighted by molar-refractivity contribution is -0.147. The maximum absolute atomic E-state index is 12.7. The number of ether oxygens (including phenoxy) is 1. The Bertz CT molecular complexity index is 1170. The van der Waals surface area contributed by atoms with E-state index in [9.17, 15) is 19.2 Å². The molecule has 0 saturated carbocycles. The Labute approximate surface area is 226 Å². The van der Waals surface area contributed by atoms with E-state index in [1.54, 1.807) is 18.2 Å². The number of aryl methyl sites for hydroxylation is 1. The Balaban J connectivity index is 1.40. The second kappa shape index (κ2) is 11.8. The van der Waals surface area contributed by atoms with Crippen molar-refractivity contribution in [3.8, 4) is 0 Å². The molecular formula is C23H19Cl5N2O5. The van der Waals surface area contributed by atoms with Crippen molar-refractivity contribution in [2.45, 2.75) is 32.6 Å². The third-order valence-electron chi connectivity index (χ3n) is 5.27. The van der Waals surface area contributed by atoms with Gasteiger partial charge in [-0.25, -0.2) is 0 Å². The minimum absolute atomic E-state index is 0.0640. The number of fused-ring (bicyclic) bond motifs is 1. The van der Waals surface area contributed by atoms with E-state index >= 15 is 0 Å². The lowest BCUT2D eigenvalue weighted by atomic mass is 10.1. The van der Waals surface area contributed by atoms with Gasteiger partial charge in [0.2, 0.25) is 0 Å². The van der Waals surface area contributed by atoms with E-state index in [1.165, 1.54) is 0 Å². The Hall–Kier alpha value is -2.03. The maximum atomic E-state index is 12.7. The first kappa shape index (κ1) is 27.6. The molecule has 0 unspecified atom stereocenters. The number of rotatable bonds is 9. The minimum atomic E-state index is -0.601. The highest BCUT2D eigenvalue weighted by molar-refractivity contribution is 6.55. The molecule has 2 aromatic carbocycles. The summed E-state index contributed by atoms with van der Waals surface area (Å²) in [7, 11) is 0. The highest BCUT2D eigenvalue weighted by Crippen LogP contribution is 2.44. The Morgan fingerprint density at radius 3 is 2.06 bits per heavy atom. The molecule has 7 nitrogen and oxygen atoms in total. The highest BCUT2D eigenvalue weighted by atomic mass is 35.5. The first-order valence-corrected chi connectivity index (χ1v) is 12.4. The van der Waals surface area contributed by atoms with Crippen LogP contribution in [0.15, 0.2) is 18.2 Å². The van der Waals surface area contributed by atoms with Crippen molar-refractivity contribution in [3.63, 3.8) is 0 Å². The summed E-state index contributed by atoms with van der Waals surface area (Å²) in [5, 5.41) is 2.70. The van der Waals surface area contributed by atoms with E-state index in [-0.39, 0.29) is 44.2 Å². The smallest absolute Gasteiger partial charge is 0.306 e. The standard InChI is InChI=1S/C23H19Cl5N2O5/c1-11-6-7-12(9-13(11)24)29-14(31)10-35-15(32)5-3-2-4-8-30-22(33)16-17(23(30)34)19(26)21(28)20(27)18(16)25/h6-7,9H,2-5,8,10H2,1H3,(H,29,31). The molecule has 0 saturated heterocycles. The fourth-order valence-electron chi connectivity index (χ4n) is 3.40. The zero-order chi connectivity index (χ0) is 25.9. The van der Waals surface area contributed by atoms with Gasteiger partial charge in [0.15, 0.2) is 6.61 Å². The molecule has 1 heterocycles. The number of benzene rings is 2. The molecule has 1 aliphatic rings. The third kappa shape index (κ3) is 6.22. The first-order chi connectivity index (χ1) is 16.5. The van der Waals surface area contributed by atoms with Crippen molar-refractivity contribution in [3.05, 3.63) is 60.0 Å². The molecule has 0 atom stereocenters. The maximum Gasteiger partial charge on any atom is 0.306 e. The van der Waals surface area contributed by atoms with Crippen LogP contribution in [-0.4, -0.2) is 41.7 Å². The second-order valence-corrected chi connectivity index (χ2v) is 9.67. The van der Waals surface area contributed by atoms with Crippen LogP contribution in [0, 0.1) is 6.92 Å². The van der Waals surface area contributed by atoms with Crippen molar-refractivity contribution in [2.75, 3.05) is 18.5 Å². The third-order valence-corrected chi connectivity index (χ3v) is 7.48. The van der Waals surface area contributed by atoms with Crippen LogP contribution in [0.2, 0.25) is 25.1 Å². The van der Waals surface area contributed by atoms with Crippen molar-refractivity contribution >= 4 is 87.4 Å². The number of hydrogen-bond acceptors (Lipinski definition) is 5. The minimum Gasteiger partial charge on any atom is -0.456 e. The molecule has 0 radical (unpaired) electrons. The monoisotopic (exact) mass is 578 g/mol. The summed E-state index contributed by atoms with van der Waals surface area (Å²) < 4.78 is 4.98. The summed E-state index contributed by atoms with van der Waals surface area (Å²) in [6.45, 7) is 1.52. The fourth-order valence-corrected chi connectivity index (χ4v) is 4.60. The summed E-state index contributed by atoms with van der Waals surface area (Å²) >= 11 is 30.2. The van der Waals surface area contributed by atoms with Gasteiger partial charge in [0.25, 0.3) is 17.7 Å². The van der Waals surface area contributed by atoms with E-state index in [4.69, 9.17) is 62.7 Å².